The molecular formula is C18H16ClN3O4S. The number of hydrazone groups is 1. The van der Waals surface area contributed by atoms with Gasteiger partial charge in [0.05, 0.1) is 15.9 Å². The Morgan fingerprint density at radius 2 is 1.78 bits per heavy atom. The third kappa shape index (κ3) is 3.08. The number of hydrogen-bond acceptors (Lipinski definition) is 5. The number of sulfonamides is 1. The van der Waals surface area contributed by atoms with Crippen LogP contribution in [0.1, 0.15) is 30.9 Å². The minimum atomic E-state index is -3.94. The highest BCUT2D eigenvalue weighted by Gasteiger charge is 2.46. The molecule has 1 saturated carbocycles. The van der Waals surface area contributed by atoms with Gasteiger partial charge >= 0.3 is 0 Å². The van der Waals surface area contributed by atoms with Gasteiger partial charge in [-0.15, -0.1) is 0 Å². The van der Waals surface area contributed by atoms with Gasteiger partial charge in [-0.3, -0.25) is 10.1 Å². The summed E-state index contributed by atoms with van der Waals surface area (Å²) in [5, 5.41) is 15.8. The van der Waals surface area contributed by atoms with Crippen molar-refractivity contribution in [3.63, 3.8) is 0 Å². The third-order valence-corrected chi connectivity index (χ3v) is 6.95. The zero-order chi connectivity index (χ0) is 19.2. The molecule has 1 fully saturated rings. The van der Waals surface area contributed by atoms with Gasteiger partial charge in [0.2, 0.25) is 0 Å². The molecule has 2 unspecified atom stereocenters. The molecular weight excluding hydrogens is 390 g/mol. The SMILES string of the molecule is O=[N+]([O-])c1ccc(S(=O)(=O)N2N=C3CCCC3C2c2ccc(Cl)cc2)cc1. The highest BCUT2D eigenvalue weighted by Crippen LogP contribution is 2.45. The van der Waals surface area contributed by atoms with Crippen LogP contribution in [0, 0.1) is 16.0 Å². The minimum Gasteiger partial charge on any atom is -0.258 e. The Kier molecular flexibility index (Phi) is 4.39. The van der Waals surface area contributed by atoms with E-state index in [9.17, 15) is 18.5 Å². The Balaban J connectivity index is 1.76. The second kappa shape index (κ2) is 6.61. The summed E-state index contributed by atoms with van der Waals surface area (Å²) in [5.74, 6) is 0.0407. The maximum atomic E-state index is 13.2. The van der Waals surface area contributed by atoms with Gasteiger partial charge in [0.15, 0.2) is 0 Å². The van der Waals surface area contributed by atoms with Crippen molar-refractivity contribution in [2.75, 3.05) is 0 Å². The van der Waals surface area contributed by atoms with Crippen molar-refractivity contribution >= 4 is 33.0 Å². The molecule has 1 heterocycles. The van der Waals surface area contributed by atoms with Crippen LogP contribution in [0.4, 0.5) is 5.69 Å². The van der Waals surface area contributed by atoms with Gasteiger partial charge in [0, 0.05) is 28.8 Å². The van der Waals surface area contributed by atoms with Gasteiger partial charge in [-0.25, -0.2) is 0 Å². The topological polar surface area (TPSA) is 92.9 Å². The van der Waals surface area contributed by atoms with Crippen LogP contribution in [0.3, 0.4) is 0 Å². The predicted molar refractivity (Wildman–Crippen MR) is 101 cm³/mol. The van der Waals surface area contributed by atoms with Crippen LogP contribution in [-0.4, -0.2) is 23.5 Å². The summed E-state index contributed by atoms with van der Waals surface area (Å²) in [6, 6.07) is 11.6. The number of benzene rings is 2. The molecule has 2 aromatic rings. The monoisotopic (exact) mass is 405 g/mol. The molecule has 27 heavy (non-hydrogen) atoms. The Morgan fingerprint density at radius 1 is 1.11 bits per heavy atom. The lowest BCUT2D eigenvalue weighted by atomic mass is 9.92. The Labute approximate surface area is 161 Å². The maximum absolute atomic E-state index is 13.2. The normalized spacial score (nSPS) is 21.8. The Morgan fingerprint density at radius 3 is 2.41 bits per heavy atom. The van der Waals surface area contributed by atoms with Gasteiger partial charge in [0.1, 0.15) is 0 Å². The first kappa shape index (κ1) is 17.9. The lowest BCUT2D eigenvalue weighted by Crippen LogP contribution is -2.30. The molecule has 2 atom stereocenters. The van der Waals surface area contributed by atoms with Gasteiger partial charge in [-0.05, 0) is 49.1 Å². The molecule has 0 amide bonds. The minimum absolute atomic E-state index is 0.0172. The molecule has 1 aliphatic carbocycles. The average molecular weight is 406 g/mol. The molecule has 7 nitrogen and oxygen atoms in total. The van der Waals surface area contributed by atoms with E-state index in [-0.39, 0.29) is 16.5 Å². The van der Waals surface area contributed by atoms with Crippen LogP contribution in [0.2, 0.25) is 5.02 Å². The Hall–Kier alpha value is -2.45. The molecule has 0 spiro atoms. The maximum Gasteiger partial charge on any atom is 0.279 e. The van der Waals surface area contributed by atoms with Crippen LogP contribution in [0.15, 0.2) is 58.5 Å². The molecule has 0 N–H and O–H groups in total. The second-order valence-electron chi connectivity index (χ2n) is 6.62. The largest absolute Gasteiger partial charge is 0.279 e. The van der Waals surface area contributed by atoms with E-state index < -0.39 is 21.0 Å². The van der Waals surface area contributed by atoms with E-state index in [1.54, 1.807) is 12.1 Å². The van der Waals surface area contributed by atoms with Crippen molar-refractivity contribution < 1.29 is 13.3 Å². The molecule has 0 bridgehead atoms. The van der Waals surface area contributed by atoms with Gasteiger partial charge in [-0.2, -0.15) is 17.9 Å². The quantitative estimate of drug-likeness (QED) is 0.564. The van der Waals surface area contributed by atoms with Gasteiger partial charge in [-0.1, -0.05) is 23.7 Å². The number of hydrogen-bond donors (Lipinski definition) is 0. The van der Waals surface area contributed by atoms with Crippen molar-refractivity contribution in [2.45, 2.75) is 30.2 Å². The molecule has 140 valence electrons. The summed E-state index contributed by atoms with van der Waals surface area (Å²) >= 11 is 5.98. The zero-order valence-corrected chi connectivity index (χ0v) is 15.7. The van der Waals surface area contributed by atoms with E-state index in [1.165, 1.54) is 24.3 Å². The lowest BCUT2D eigenvalue weighted by Gasteiger charge is -2.27. The first-order chi connectivity index (χ1) is 12.9. The van der Waals surface area contributed by atoms with E-state index in [0.717, 1.165) is 35.0 Å². The van der Waals surface area contributed by atoms with Crippen molar-refractivity contribution in [3.8, 4) is 0 Å². The predicted octanol–water partition coefficient (Wildman–Crippen LogP) is 4.15. The van der Waals surface area contributed by atoms with Crippen molar-refractivity contribution in [1.82, 2.24) is 4.41 Å². The highest BCUT2D eigenvalue weighted by molar-refractivity contribution is 7.89. The number of non-ortho nitro benzene ring substituents is 1. The molecule has 9 heteroatoms. The molecule has 1 aliphatic heterocycles. The summed E-state index contributed by atoms with van der Waals surface area (Å²) in [6.07, 6.45) is 2.64. The summed E-state index contributed by atoms with van der Waals surface area (Å²) < 4.78 is 27.6. The van der Waals surface area contributed by atoms with E-state index in [2.05, 4.69) is 5.10 Å². The van der Waals surface area contributed by atoms with Crippen LogP contribution in [0.5, 0.6) is 0 Å². The summed E-state index contributed by atoms with van der Waals surface area (Å²) in [4.78, 5) is 10.2. The molecule has 4 rings (SSSR count). The van der Waals surface area contributed by atoms with Gasteiger partial charge in [0.25, 0.3) is 15.7 Å². The second-order valence-corrected chi connectivity index (χ2v) is 8.85. The smallest absolute Gasteiger partial charge is 0.258 e. The number of fused-ring (bicyclic) bond motifs is 1. The number of nitro benzene ring substituents is 1. The van der Waals surface area contributed by atoms with Crippen LogP contribution in [0.25, 0.3) is 0 Å². The third-order valence-electron chi connectivity index (χ3n) is 5.03. The van der Waals surface area contributed by atoms with Crippen molar-refractivity contribution in [1.29, 1.82) is 0 Å². The standard InChI is InChI=1S/C18H16ClN3O4S/c19-13-6-4-12(5-7-13)18-16-2-1-3-17(16)20-21(18)27(25,26)15-10-8-14(9-11-15)22(23)24/h4-11,16,18H,1-3H2. The van der Waals surface area contributed by atoms with Crippen LogP contribution < -0.4 is 0 Å². The summed E-state index contributed by atoms with van der Waals surface area (Å²) in [6.45, 7) is 0. The number of halogens is 1. The fourth-order valence-corrected chi connectivity index (χ4v) is 5.33. The average Bonchev–Trinajstić information content (AvgIpc) is 3.24. The highest BCUT2D eigenvalue weighted by atomic mass is 35.5. The van der Waals surface area contributed by atoms with E-state index in [0.29, 0.717) is 5.02 Å². The summed E-state index contributed by atoms with van der Waals surface area (Å²) in [5.41, 5.74) is 1.56. The molecule has 2 aliphatic rings. The summed E-state index contributed by atoms with van der Waals surface area (Å²) in [7, 11) is -3.94. The zero-order valence-electron chi connectivity index (χ0n) is 14.2. The van der Waals surface area contributed by atoms with Crippen molar-refractivity contribution in [2.24, 2.45) is 11.0 Å². The fraction of sp³-hybridized carbons (Fsp3) is 0.278. The molecule has 0 radical (unpaired) electrons. The van der Waals surface area contributed by atoms with Crippen LogP contribution >= 0.6 is 11.6 Å². The van der Waals surface area contributed by atoms with E-state index >= 15 is 0 Å². The number of rotatable bonds is 4. The molecule has 2 aromatic carbocycles. The first-order valence-corrected chi connectivity index (χ1v) is 10.3. The fourth-order valence-electron chi connectivity index (χ4n) is 3.73. The Bertz CT molecular complexity index is 1020. The van der Waals surface area contributed by atoms with E-state index in [4.69, 9.17) is 11.6 Å². The van der Waals surface area contributed by atoms with Crippen LogP contribution in [-0.2, 0) is 10.0 Å². The van der Waals surface area contributed by atoms with Crippen molar-refractivity contribution in [3.05, 3.63) is 69.2 Å². The molecule has 0 aromatic heterocycles. The number of nitro groups is 1. The number of nitrogens with zero attached hydrogens (tertiary/aromatic N) is 3. The first-order valence-electron chi connectivity index (χ1n) is 8.49. The molecule has 0 saturated heterocycles. The van der Waals surface area contributed by atoms with E-state index in [1.807, 2.05) is 12.1 Å². The van der Waals surface area contributed by atoms with Gasteiger partial charge < -0.3 is 0 Å². The lowest BCUT2D eigenvalue weighted by molar-refractivity contribution is -0.384.